The van der Waals surface area contributed by atoms with Crippen LogP contribution in [-0.4, -0.2) is 293 Å². The number of carboxylic acid groups (broad SMARTS) is 1. The smallest absolute Gasteiger partial charge is 0.331 e. The van der Waals surface area contributed by atoms with E-state index >= 15 is 4.79 Å². The van der Waals surface area contributed by atoms with Crippen LogP contribution in [0.1, 0.15) is 105 Å². The lowest BCUT2D eigenvalue weighted by molar-refractivity contribution is -0.382. The molecule has 0 unspecified atom stereocenters. The number of allylic oxidation sites excluding steroid dienone is 1. The van der Waals surface area contributed by atoms with E-state index < -0.39 is 254 Å². The molecule has 0 radical (unpaired) electrons. The summed E-state index contributed by atoms with van der Waals surface area (Å²) < 4.78 is 72.7. The average Bonchev–Trinajstić information content (AvgIpc) is 0.724. The zero-order chi connectivity index (χ0) is 72.2. The monoisotopic (exact) mass is 1410 g/mol. The van der Waals surface area contributed by atoms with Gasteiger partial charge in [-0.05, 0) is 130 Å². The Bertz CT molecular complexity index is 3100. The van der Waals surface area contributed by atoms with Gasteiger partial charge in [-0.25, -0.2) is 4.79 Å². The molecule has 5 heterocycles. The number of aliphatic carboxylic acids is 1. The van der Waals surface area contributed by atoms with Crippen molar-refractivity contribution in [1.82, 2.24) is 0 Å². The van der Waals surface area contributed by atoms with Gasteiger partial charge in [0.05, 0.1) is 70.0 Å². The first kappa shape index (κ1) is 76.1. The number of aliphatic hydroxyl groups is 15. The summed E-state index contributed by atoms with van der Waals surface area (Å²) >= 11 is 0. The van der Waals surface area contributed by atoms with E-state index in [-0.39, 0.29) is 44.9 Å². The number of carbonyl (C=O) groups excluding carboxylic acids is 2. The predicted octanol–water partition coefficient (Wildman–Crippen LogP) is -2.62. The lowest BCUT2D eigenvalue weighted by atomic mass is 9.33. The summed E-state index contributed by atoms with van der Waals surface area (Å²) in [5.74, 6) is -4.97. The number of aliphatic hydroxyl groups excluding tert-OH is 14. The molecule has 31 heteroatoms. The van der Waals surface area contributed by atoms with Gasteiger partial charge in [0, 0.05) is 11.5 Å². The molecule has 10 aliphatic rings. The Balaban J connectivity index is 0.942. The van der Waals surface area contributed by atoms with Gasteiger partial charge < -0.3 is 139 Å². The van der Waals surface area contributed by atoms with Crippen LogP contribution in [0.15, 0.2) is 42.0 Å². The maximum absolute atomic E-state index is 16.3. The molecule has 0 bridgehead atoms. The molecule has 33 atom stereocenters. The van der Waals surface area contributed by atoms with Gasteiger partial charge in [-0.1, -0.05) is 51.5 Å². The Morgan fingerprint density at radius 1 is 0.626 bits per heavy atom. The number of carbonyl (C=O) groups is 3. The summed E-state index contributed by atoms with van der Waals surface area (Å²) in [6, 6.07) is 6.63. The largest absolute Gasteiger partial charge is 0.497 e. The minimum atomic E-state index is -2.31. The molecule has 4 saturated carbocycles. The van der Waals surface area contributed by atoms with Crippen LogP contribution < -0.4 is 4.74 Å². The van der Waals surface area contributed by atoms with Crippen LogP contribution in [0, 0.1) is 50.2 Å². The molecule has 0 amide bonds. The maximum Gasteiger partial charge on any atom is 0.331 e. The molecule has 11 rings (SSSR count). The number of hydrogen-bond acceptors (Lipinski definition) is 30. The summed E-state index contributed by atoms with van der Waals surface area (Å²) in [5.41, 5.74) is -8.70. The van der Waals surface area contributed by atoms with Crippen molar-refractivity contribution in [2.45, 2.75) is 253 Å². The third-order valence-corrected chi connectivity index (χ3v) is 24.6. The number of rotatable bonds is 18. The molecule has 5 aliphatic carbocycles. The van der Waals surface area contributed by atoms with Gasteiger partial charge in [0.2, 0.25) is 6.29 Å². The Morgan fingerprint density at radius 2 is 1.26 bits per heavy atom. The fourth-order valence-corrected chi connectivity index (χ4v) is 19.0. The topological polar surface area (TPSA) is 486 Å². The first-order valence-corrected chi connectivity index (χ1v) is 34.1. The van der Waals surface area contributed by atoms with E-state index in [0.717, 1.165) is 6.08 Å². The van der Waals surface area contributed by atoms with Gasteiger partial charge in [-0.15, -0.1) is 0 Å². The maximum atomic E-state index is 16.3. The Morgan fingerprint density at radius 3 is 1.91 bits per heavy atom. The molecule has 9 fully saturated rings. The van der Waals surface area contributed by atoms with Crippen molar-refractivity contribution in [2.75, 3.05) is 40.1 Å². The number of carboxylic acids is 1. The predicted molar refractivity (Wildman–Crippen MR) is 333 cm³/mol. The summed E-state index contributed by atoms with van der Waals surface area (Å²) in [7, 11) is 1.48. The second kappa shape index (κ2) is 28.4. The molecule has 5 aliphatic heterocycles. The molecule has 0 aromatic heterocycles. The number of esters is 2. The highest BCUT2D eigenvalue weighted by Gasteiger charge is 2.75. The molecule has 1 aromatic rings. The minimum Gasteiger partial charge on any atom is -0.497 e. The SMILES string of the molecule is COc1ccc(/C=C\C(=O)O[C@@H]2[C@H](O[C@@H]3OC[C@](O)(CO)[C@H]3O)[C@@H](O[C@@H]3O[C@@H](C)[C@H](O[C@@H]4OC[C@@H](O)[C@H](O)[C@H]4O)[C@@H](O)[C@H]3O)[C@H](OC(=O)[C@@]34CC[C@]5(CO)C(=CC[C@@H]6[C@@]7(C)C[C@H](O)[C@H](O[C@@H]8O[C@H](CO)[C@@H](O)[C@H](O)[C@H]8O)[C@@](C)(C(=O)O)[C@@H]7CC[C@]65C)[C@@H]3CC(C)(C)C[C@H]4O)O[C@@H]2C)cc1. The molecule has 16 N–H and O–H groups in total. The van der Waals surface area contributed by atoms with E-state index in [9.17, 15) is 91.3 Å². The second-order valence-corrected chi connectivity index (χ2v) is 30.7. The minimum absolute atomic E-state index is 0.0394. The van der Waals surface area contributed by atoms with Crippen LogP contribution in [0.2, 0.25) is 0 Å². The number of hydrogen-bond donors (Lipinski definition) is 16. The molecular formula is C68H100O31. The van der Waals surface area contributed by atoms with Gasteiger partial charge in [0.15, 0.2) is 37.4 Å². The van der Waals surface area contributed by atoms with Gasteiger partial charge in [0.1, 0.15) is 96.1 Å². The highest BCUT2D eigenvalue weighted by atomic mass is 16.8. The van der Waals surface area contributed by atoms with E-state index in [4.69, 9.17) is 56.8 Å². The zero-order valence-electron chi connectivity index (χ0n) is 56.6. The van der Waals surface area contributed by atoms with Crippen molar-refractivity contribution in [2.24, 2.45) is 50.2 Å². The lowest BCUT2D eigenvalue weighted by Gasteiger charge is -2.71. The van der Waals surface area contributed by atoms with Crippen molar-refractivity contribution in [3.8, 4) is 5.75 Å². The van der Waals surface area contributed by atoms with E-state index in [2.05, 4.69) is 0 Å². The molecular weight excluding hydrogens is 1310 g/mol. The molecule has 5 saturated heterocycles. The van der Waals surface area contributed by atoms with E-state index in [0.29, 0.717) is 23.3 Å². The van der Waals surface area contributed by atoms with E-state index in [1.54, 1.807) is 24.3 Å². The summed E-state index contributed by atoms with van der Waals surface area (Å²) in [4.78, 5) is 44.3. The van der Waals surface area contributed by atoms with Gasteiger partial charge >= 0.3 is 17.9 Å². The number of fused-ring (bicyclic) bond motifs is 7. The fraction of sp³-hybridized carbons (Fsp3) is 0.809. The van der Waals surface area contributed by atoms with Gasteiger partial charge in [0.25, 0.3) is 0 Å². The first-order valence-electron chi connectivity index (χ1n) is 34.1. The molecule has 0 spiro atoms. The summed E-state index contributed by atoms with van der Waals surface area (Å²) in [6.07, 6.45) is -36.3. The molecule has 31 nitrogen and oxygen atoms in total. The Hall–Kier alpha value is -4.05. The van der Waals surface area contributed by atoms with Crippen molar-refractivity contribution in [3.05, 3.63) is 47.6 Å². The normalized spacial score (nSPS) is 49.6. The van der Waals surface area contributed by atoms with Crippen LogP contribution >= 0.6 is 0 Å². The van der Waals surface area contributed by atoms with Crippen molar-refractivity contribution < 1.29 is 153 Å². The van der Waals surface area contributed by atoms with Gasteiger partial charge in [-0.2, -0.15) is 0 Å². The van der Waals surface area contributed by atoms with Crippen LogP contribution in [0.5, 0.6) is 5.75 Å². The van der Waals surface area contributed by atoms with E-state index in [1.165, 1.54) is 34.0 Å². The van der Waals surface area contributed by atoms with Crippen LogP contribution in [0.3, 0.4) is 0 Å². The van der Waals surface area contributed by atoms with Crippen molar-refractivity contribution >= 4 is 24.0 Å². The van der Waals surface area contributed by atoms with Crippen LogP contribution in [0.4, 0.5) is 0 Å². The fourth-order valence-electron chi connectivity index (χ4n) is 19.0. The second-order valence-electron chi connectivity index (χ2n) is 30.7. The quantitative estimate of drug-likeness (QED) is 0.0310. The summed E-state index contributed by atoms with van der Waals surface area (Å²) in [5, 5.41) is 179. The Labute approximate surface area is 571 Å². The third-order valence-electron chi connectivity index (χ3n) is 24.6. The Kier molecular flexibility index (Phi) is 21.9. The highest BCUT2D eigenvalue weighted by Crippen LogP contribution is 2.76. The summed E-state index contributed by atoms with van der Waals surface area (Å²) in [6.45, 7) is 8.63. The van der Waals surface area contributed by atoms with E-state index in [1.807, 2.05) is 33.8 Å². The molecule has 1 aromatic carbocycles. The number of ether oxygens (including phenoxy) is 12. The van der Waals surface area contributed by atoms with Crippen molar-refractivity contribution in [3.63, 3.8) is 0 Å². The van der Waals surface area contributed by atoms with Crippen LogP contribution in [0.25, 0.3) is 6.08 Å². The third kappa shape index (κ3) is 12.9. The first-order chi connectivity index (χ1) is 46.5. The molecule has 558 valence electrons. The highest BCUT2D eigenvalue weighted by molar-refractivity contribution is 5.87. The zero-order valence-corrected chi connectivity index (χ0v) is 56.6. The van der Waals surface area contributed by atoms with Gasteiger partial charge in [-0.3, -0.25) is 9.59 Å². The average molecular weight is 1410 g/mol. The standard InChI is InChI=1S/C68H100O31/c1-29-49(95-55-46(80)42(76)36(73)25-89-55)45(79)48(82)56(91-29)97-52-51(96-59-53(83)67(87,27-71)28-90-59)50(94-41(75)16-11-31-9-12-32(88-8)13-10-31)30(2)92-58(52)99-61(86)68-20-19-66(26-70)33(34(68)21-62(3,4)23-40(68)74)14-15-38-63(5)22-35(72)54(65(7,60(84)85)39(63)17-18-64(38,66)6)98-57-47(81)44(78)43(77)37(24-69)93-57/h9-14,16,29-30,34-40,42-59,69-74,76-83,87H,15,17-28H2,1-8H3,(H,84,85)/b16-11-/t29-,30+,34-,35-,36+,37+,38+,39+,40+,42-,43+,44-,45-,46+,47+,48+,49-,50-,51-,52+,53-,54-,55-,56-,57-,58-,59-,63+,64+,65-,66-,67+,68-/m0/s1. The number of benzene rings is 1. The molecule has 99 heavy (non-hydrogen) atoms. The van der Waals surface area contributed by atoms with Crippen molar-refractivity contribution in [1.29, 1.82) is 0 Å². The van der Waals surface area contributed by atoms with Crippen LogP contribution in [-0.2, 0) is 66.5 Å². The lowest BCUT2D eigenvalue weighted by Crippen LogP contribution is -2.71. The number of methoxy groups -OCH3 is 1.